The molecule has 0 aliphatic carbocycles. The Morgan fingerprint density at radius 1 is 1.21 bits per heavy atom. The SMILES string of the molecule is COc1ccc(NC(=O)c2cnc3c(cnn3C(C)C)c2)cc1NS(C)(=O)=O. The van der Waals surface area contributed by atoms with Crippen molar-refractivity contribution in [3.05, 3.63) is 42.2 Å². The molecule has 0 atom stereocenters. The summed E-state index contributed by atoms with van der Waals surface area (Å²) in [6.07, 6.45) is 4.19. The third-order valence-electron chi connectivity index (χ3n) is 3.94. The quantitative estimate of drug-likeness (QED) is 0.654. The Hall–Kier alpha value is -3.14. The molecule has 0 saturated heterocycles. The monoisotopic (exact) mass is 403 g/mol. The van der Waals surface area contributed by atoms with Crippen LogP contribution in [0.15, 0.2) is 36.7 Å². The van der Waals surface area contributed by atoms with Crippen molar-refractivity contribution in [3.63, 3.8) is 0 Å². The summed E-state index contributed by atoms with van der Waals surface area (Å²) < 4.78 is 32.3. The first kappa shape index (κ1) is 19.6. The molecule has 3 rings (SSSR count). The van der Waals surface area contributed by atoms with Gasteiger partial charge in [0.2, 0.25) is 10.0 Å². The van der Waals surface area contributed by atoms with Gasteiger partial charge in [-0.2, -0.15) is 5.10 Å². The van der Waals surface area contributed by atoms with Crippen LogP contribution in [0.3, 0.4) is 0 Å². The number of anilines is 2. The molecule has 0 bridgehead atoms. The van der Waals surface area contributed by atoms with Crippen LogP contribution in [-0.4, -0.2) is 42.5 Å². The lowest BCUT2D eigenvalue weighted by Gasteiger charge is -2.12. The van der Waals surface area contributed by atoms with Gasteiger partial charge in [-0.25, -0.2) is 18.1 Å². The van der Waals surface area contributed by atoms with E-state index in [1.807, 2.05) is 13.8 Å². The van der Waals surface area contributed by atoms with Crippen LogP contribution in [-0.2, 0) is 10.0 Å². The Bertz CT molecular complexity index is 1140. The van der Waals surface area contributed by atoms with Gasteiger partial charge in [-0.05, 0) is 38.1 Å². The summed E-state index contributed by atoms with van der Waals surface area (Å²) in [7, 11) is -2.07. The molecule has 2 heterocycles. The Morgan fingerprint density at radius 2 is 1.96 bits per heavy atom. The molecule has 0 saturated carbocycles. The Morgan fingerprint density at radius 3 is 2.61 bits per heavy atom. The predicted molar refractivity (Wildman–Crippen MR) is 107 cm³/mol. The van der Waals surface area contributed by atoms with Gasteiger partial charge in [-0.3, -0.25) is 9.52 Å². The van der Waals surface area contributed by atoms with Crippen LogP contribution < -0.4 is 14.8 Å². The van der Waals surface area contributed by atoms with E-state index >= 15 is 0 Å². The first-order chi connectivity index (χ1) is 13.2. The molecular formula is C18H21N5O4S. The van der Waals surface area contributed by atoms with E-state index in [9.17, 15) is 13.2 Å². The molecule has 3 aromatic rings. The molecule has 28 heavy (non-hydrogen) atoms. The summed E-state index contributed by atoms with van der Waals surface area (Å²) in [6.45, 7) is 4.00. The number of carbonyl (C=O) groups excluding carboxylic acids is 1. The molecular weight excluding hydrogens is 382 g/mol. The molecule has 148 valence electrons. The van der Waals surface area contributed by atoms with Crippen LogP contribution in [0, 0.1) is 0 Å². The van der Waals surface area contributed by atoms with Gasteiger partial charge in [0.1, 0.15) is 5.75 Å². The number of hydrogen-bond acceptors (Lipinski definition) is 6. The van der Waals surface area contributed by atoms with Crippen LogP contribution in [0.5, 0.6) is 5.75 Å². The van der Waals surface area contributed by atoms with Crippen LogP contribution in [0.25, 0.3) is 11.0 Å². The van der Waals surface area contributed by atoms with Crippen molar-refractivity contribution >= 4 is 38.3 Å². The van der Waals surface area contributed by atoms with Gasteiger partial charge >= 0.3 is 0 Å². The number of rotatable bonds is 6. The molecule has 2 N–H and O–H groups in total. The summed E-state index contributed by atoms with van der Waals surface area (Å²) in [5.74, 6) is -0.0326. The maximum atomic E-state index is 12.6. The first-order valence-corrected chi connectivity index (χ1v) is 10.4. The fourth-order valence-corrected chi connectivity index (χ4v) is 3.27. The number of nitrogens with zero attached hydrogens (tertiary/aromatic N) is 3. The van der Waals surface area contributed by atoms with Crippen LogP contribution in [0.2, 0.25) is 0 Å². The van der Waals surface area contributed by atoms with Crippen molar-refractivity contribution in [2.45, 2.75) is 19.9 Å². The third-order valence-corrected chi connectivity index (χ3v) is 4.53. The maximum absolute atomic E-state index is 12.6. The molecule has 0 spiro atoms. The van der Waals surface area contributed by atoms with Gasteiger partial charge in [0, 0.05) is 23.3 Å². The first-order valence-electron chi connectivity index (χ1n) is 8.48. The van der Waals surface area contributed by atoms with Gasteiger partial charge < -0.3 is 10.1 Å². The predicted octanol–water partition coefficient (Wildman–Crippen LogP) is 2.64. The number of pyridine rings is 1. The highest BCUT2D eigenvalue weighted by Crippen LogP contribution is 2.29. The van der Waals surface area contributed by atoms with E-state index in [2.05, 4.69) is 20.1 Å². The minimum atomic E-state index is -3.50. The number of hydrogen-bond donors (Lipinski definition) is 2. The van der Waals surface area contributed by atoms with Crippen LogP contribution in [0.1, 0.15) is 30.2 Å². The highest BCUT2D eigenvalue weighted by molar-refractivity contribution is 7.92. The molecule has 1 amide bonds. The van der Waals surface area contributed by atoms with Crippen molar-refractivity contribution in [2.24, 2.45) is 0 Å². The molecule has 0 fully saturated rings. The van der Waals surface area contributed by atoms with Gasteiger partial charge in [0.25, 0.3) is 5.91 Å². The van der Waals surface area contributed by atoms with E-state index in [0.717, 1.165) is 11.6 Å². The average molecular weight is 403 g/mol. The lowest BCUT2D eigenvalue weighted by Crippen LogP contribution is -2.14. The van der Waals surface area contributed by atoms with E-state index in [0.29, 0.717) is 22.6 Å². The van der Waals surface area contributed by atoms with Gasteiger partial charge in [0.15, 0.2) is 5.65 Å². The molecule has 9 nitrogen and oxygen atoms in total. The number of methoxy groups -OCH3 is 1. The number of carbonyl (C=O) groups is 1. The van der Waals surface area contributed by atoms with Crippen molar-refractivity contribution in [1.29, 1.82) is 0 Å². The Labute approximate surface area is 162 Å². The molecule has 10 heteroatoms. The minimum absolute atomic E-state index is 0.157. The number of amides is 1. The molecule has 0 aliphatic rings. The Kier molecular flexibility index (Phi) is 5.23. The summed E-state index contributed by atoms with van der Waals surface area (Å²) in [4.78, 5) is 16.9. The second-order valence-electron chi connectivity index (χ2n) is 6.56. The third kappa shape index (κ3) is 4.22. The topological polar surface area (TPSA) is 115 Å². The molecule has 0 aliphatic heterocycles. The standard InChI is InChI=1S/C18H21N5O4S/c1-11(2)23-17-12(10-20-23)7-13(9-19-17)18(24)21-14-5-6-16(27-3)15(8-14)22-28(4,25)26/h5-11,22H,1-4H3,(H,21,24). The van der Waals surface area contributed by atoms with Crippen molar-refractivity contribution in [2.75, 3.05) is 23.4 Å². The normalized spacial score (nSPS) is 11.6. The van der Waals surface area contributed by atoms with Crippen LogP contribution >= 0.6 is 0 Å². The second-order valence-corrected chi connectivity index (χ2v) is 8.31. The minimum Gasteiger partial charge on any atom is -0.495 e. The number of aromatic nitrogens is 3. The molecule has 2 aromatic heterocycles. The lowest BCUT2D eigenvalue weighted by molar-refractivity contribution is 0.102. The highest BCUT2D eigenvalue weighted by atomic mass is 32.2. The van der Waals surface area contributed by atoms with E-state index in [1.165, 1.54) is 19.4 Å². The average Bonchev–Trinajstić information content (AvgIpc) is 3.04. The second kappa shape index (κ2) is 7.47. The number of benzene rings is 1. The molecule has 0 unspecified atom stereocenters. The largest absolute Gasteiger partial charge is 0.495 e. The van der Waals surface area contributed by atoms with Crippen molar-refractivity contribution in [1.82, 2.24) is 14.8 Å². The van der Waals surface area contributed by atoms with Gasteiger partial charge in [0.05, 0.1) is 30.8 Å². The lowest BCUT2D eigenvalue weighted by atomic mass is 10.2. The van der Waals surface area contributed by atoms with E-state index in [1.54, 1.807) is 29.1 Å². The summed E-state index contributed by atoms with van der Waals surface area (Å²) >= 11 is 0. The molecule has 0 radical (unpaired) electrons. The Balaban J connectivity index is 1.86. The van der Waals surface area contributed by atoms with Crippen LogP contribution in [0.4, 0.5) is 11.4 Å². The number of ether oxygens (including phenoxy) is 1. The number of fused-ring (bicyclic) bond motifs is 1. The van der Waals surface area contributed by atoms with Gasteiger partial charge in [-0.1, -0.05) is 0 Å². The zero-order valence-corrected chi connectivity index (χ0v) is 16.7. The smallest absolute Gasteiger partial charge is 0.257 e. The highest BCUT2D eigenvalue weighted by Gasteiger charge is 2.14. The number of sulfonamides is 1. The van der Waals surface area contributed by atoms with E-state index in [4.69, 9.17) is 4.74 Å². The zero-order chi connectivity index (χ0) is 20.5. The summed E-state index contributed by atoms with van der Waals surface area (Å²) in [6, 6.07) is 6.54. The van der Waals surface area contributed by atoms with Gasteiger partial charge in [-0.15, -0.1) is 0 Å². The van der Waals surface area contributed by atoms with Crippen molar-refractivity contribution in [3.8, 4) is 5.75 Å². The fourth-order valence-electron chi connectivity index (χ4n) is 2.71. The summed E-state index contributed by atoms with van der Waals surface area (Å²) in [5, 5.41) is 7.78. The van der Waals surface area contributed by atoms with E-state index < -0.39 is 10.0 Å². The summed E-state index contributed by atoms with van der Waals surface area (Å²) in [5.41, 5.74) is 1.71. The van der Waals surface area contributed by atoms with Crippen molar-refractivity contribution < 1.29 is 17.9 Å². The molecule has 1 aromatic carbocycles. The number of nitrogens with one attached hydrogen (secondary N) is 2. The fraction of sp³-hybridized carbons (Fsp3) is 0.278. The zero-order valence-electron chi connectivity index (χ0n) is 15.9. The van der Waals surface area contributed by atoms with E-state index in [-0.39, 0.29) is 17.6 Å². The maximum Gasteiger partial charge on any atom is 0.257 e.